The van der Waals surface area contributed by atoms with Gasteiger partial charge in [-0.15, -0.1) is 0 Å². The van der Waals surface area contributed by atoms with Crippen LogP contribution in [-0.2, 0) is 6.42 Å². The van der Waals surface area contributed by atoms with Crippen LogP contribution < -0.4 is 0 Å². The van der Waals surface area contributed by atoms with E-state index in [0.29, 0.717) is 5.71 Å². The third kappa shape index (κ3) is 1.30. The molecule has 1 unspecified atom stereocenters. The molecule has 1 aliphatic carbocycles. The van der Waals surface area contributed by atoms with E-state index >= 15 is 0 Å². The number of aromatic hydroxyl groups is 1. The molecule has 0 spiro atoms. The fraction of sp³-hybridized carbons (Fsp3) is 0.417. The summed E-state index contributed by atoms with van der Waals surface area (Å²) in [7, 11) is 0. The Balaban J connectivity index is 2.75. The molecule has 3 heteroatoms. The van der Waals surface area contributed by atoms with Crippen molar-refractivity contribution in [2.24, 2.45) is 11.1 Å². The molecule has 1 aromatic carbocycles. The first-order valence-electron chi connectivity index (χ1n) is 5.10. The molecule has 2 N–H and O–H groups in total. The highest BCUT2D eigenvalue weighted by atomic mass is 16.4. The van der Waals surface area contributed by atoms with E-state index in [2.05, 4.69) is 5.16 Å². The summed E-state index contributed by atoms with van der Waals surface area (Å²) < 4.78 is 0. The van der Waals surface area contributed by atoms with Gasteiger partial charge < -0.3 is 10.3 Å². The number of fused-ring (bicyclic) bond motifs is 1. The van der Waals surface area contributed by atoms with Gasteiger partial charge in [0.2, 0.25) is 0 Å². The van der Waals surface area contributed by atoms with Crippen LogP contribution in [-0.4, -0.2) is 16.0 Å². The van der Waals surface area contributed by atoms with Gasteiger partial charge in [-0.25, -0.2) is 0 Å². The van der Waals surface area contributed by atoms with Gasteiger partial charge in [-0.2, -0.15) is 0 Å². The van der Waals surface area contributed by atoms with Crippen LogP contribution in [0.4, 0.5) is 0 Å². The molecule has 0 amide bonds. The number of hydrogen-bond donors (Lipinski definition) is 2. The van der Waals surface area contributed by atoms with Crippen molar-refractivity contribution in [3.05, 3.63) is 28.3 Å². The highest BCUT2D eigenvalue weighted by molar-refractivity contribution is 6.08. The number of aryl methyl sites for hydroxylation is 2. The molecule has 0 aliphatic heterocycles. The molecular weight excluding hydrogens is 190 g/mol. The molecule has 0 saturated carbocycles. The zero-order valence-corrected chi connectivity index (χ0v) is 9.20. The monoisotopic (exact) mass is 205 g/mol. The van der Waals surface area contributed by atoms with Crippen LogP contribution in [0.2, 0.25) is 0 Å². The molecule has 80 valence electrons. The average molecular weight is 205 g/mol. The SMILES string of the molecule is Cc1cc(C)c2c(c1O)C(=NO)C(C)C2. The molecule has 0 aromatic heterocycles. The predicted molar refractivity (Wildman–Crippen MR) is 58.8 cm³/mol. The van der Waals surface area contributed by atoms with Gasteiger partial charge in [0.15, 0.2) is 0 Å². The molecule has 2 rings (SSSR count). The number of phenols is 1. The third-order valence-electron chi connectivity index (χ3n) is 3.16. The molecule has 15 heavy (non-hydrogen) atoms. The summed E-state index contributed by atoms with van der Waals surface area (Å²) >= 11 is 0. The highest BCUT2D eigenvalue weighted by Gasteiger charge is 2.30. The van der Waals surface area contributed by atoms with Gasteiger partial charge in [-0.1, -0.05) is 18.1 Å². The van der Waals surface area contributed by atoms with Crippen molar-refractivity contribution in [2.75, 3.05) is 0 Å². The molecule has 3 nitrogen and oxygen atoms in total. The minimum atomic E-state index is 0.177. The van der Waals surface area contributed by atoms with E-state index in [1.807, 2.05) is 26.8 Å². The van der Waals surface area contributed by atoms with Gasteiger partial charge in [0, 0.05) is 11.5 Å². The van der Waals surface area contributed by atoms with Gasteiger partial charge in [0.25, 0.3) is 0 Å². The Labute approximate surface area is 89.1 Å². The van der Waals surface area contributed by atoms with Crippen molar-refractivity contribution in [3.8, 4) is 5.75 Å². The lowest BCUT2D eigenvalue weighted by molar-refractivity contribution is 0.316. The number of benzene rings is 1. The van der Waals surface area contributed by atoms with Crippen molar-refractivity contribution < 1.29 is 10.3 Å². The summed E-state index contributed by atoms with van der Waals surface area (Å²) in [5.41, 5.74) is 4.45. The van der Waals surface area contributed by atoms with Crippen molar-refractivity contribution in [1.82, 2.24) is 0 Å². The van der Waals surface area contributed by atoms with Crippen LogP contribution >= 0.6 is 0 Å². The van der Waals surface area contributed by atoms with E-state index in [4.69, 9.17) is 5.21 Å². The Bertz CT molecular complexity index is 449. The quantitative estimate of drug-likeness (QED) is 0.504. The summed E-state index contributed by atoms with van der Waals surface area (Å²) in [6, 6.07) is 1.97. The van der Waals surface area contributed by atoms with Crippen molar-refractivity contribution >= 4 is 5.71 Å². The molecular formula is C12H15NO2. The van der Waals surface area contributed by atoms with E-state index in [0.717, 1.165) is 28.7 Å². The first kappa shape index (κ1) is 10.0. The summed E-state index contributed by atoms with van der Waals surface area (Å²) in [5.74, 6) is 0.434. The fourth-order valence-corrected chi connectivity index (χ4v) is 2.35. The van der Waals surface area contributed by atoms with Gasteiger partial charge in [-0.05, 0) is 37.0 Å². The smallest absolute Gasteiger partial charge is 0.127 e. The van der Waals surface area contributed by atoms with Gasteiger partial charge >= 0.3 is 0 Å². The summed E-state index contributed by atoms with van der Waals surface area (Å²) in [6.45, 7) is 5.89. The average Bonchev–Trinajstić information content (AvgIpc) is 2.52. The van der Waals surface area contributed by atoms with Crippen LogP contribution in [0.3, 0.4) is 0 Å². The summed E-state index contributed by atoms with van der Waals surface area (Å²) in [5, 5.41) is 22.2. The lowest BCUT2D eigenvalue weighted by Gasteiger charge is -2.09. The maximum atomic E-state index is 9.97. The van der Waals surface area contributed by atoms with E-state index < -0.39 is 0 Å². The summed E-state index contributed by atoms with van der Waals surface area (Å²) in [4.78, 5) is 0. The van der Waals surface area contributed by atoms with E-state index in [1.165, 1.54) is 0 Å². The Morgan fingerprint density at radius 2 is 2.00 bits per heavy atom. The minimum absolute atomic E-state index is 0.177. The lowest BCUT2D eigenvalue weighted by Crippen LogP contribution is -2.05. The van der Waals surface area contributed by atoms with Crippen LogP contribution in [0.5, 0.6) is 5.75 Å². The standard InChI is InChI=1S/C12H15NO2/c1-6-4-8(3)12(14)10-9(6)5-7(2)11(10)13-15/h4,7,14-15H,5H2,1-3H3. The largest absolute Gasteiger partial charge is 0.507 e. The Morgan fingerprint density at radius 3 is 2.60 bits per heavy atom. The Hall–Kier alpha value is -1.51. The molecule has 0 heterocycles. The second kappa shape index (κ2) is 3.26. The van der Waals surface area contributed by atoms with Gasteiger partial charge in [0.05, 0.1) is 5.71 Å². The number of hydrogen-bond acceptors (Lipinski definition) is 3. The fourth-order valence-electron chi connectivity index (χ4n) is 2.35. The second-order valence-corrected chi connectivity index (χ2v) is 4.30. The number of nitrogens with zero attached hydrogens (tertiary/aromatic N) is 1. The van der Waals surface area contributed by atoms with Crippen LogP contribution in [0, 0.1) is 19.8 Å². The number of rotatable bonds is 0. The first-order valence-corrected chi connectivity index (χ1v) is 5.10. The van der Waals surface area contributed by atoms with E-state index in [1.54, 1.807) is 0 Å². The van der Waals surface area contributed by atoms with Crippen molar-refractivity contribution in [2.45, 2.75) is 27.2 Å². The molecule has 1 aromatic rings. The van der Waals surface area contributed by atoms with Crippen LogP contribution in [0.1, 0.15) is 29.2 Å². The summed E-state index contributed by atoms with van der Waals surface area (Å²) in [6.07, 6.45) is 0.842. The van der Waals surface area contributed by atoms with Crippen LogP contribution in [0.25, 0.3) is 0 Å². The number of oxime groups is 1. The maximum Gasteiger partial charge on any atom is 0.127 e. The second-order valence-electron chi connectivity index (χ2n) is 4.30. The topological polar surface area (TPSA) is 52.8 Å². The predicted octanol–water partition coefficient (Wildman–Crippen LogP) is 2.38. The lowest BCUT2D eigenvalue weighted by atomic mass is 9.99. The van der Waals surface area contributed by atoms with Gasteiger partial charge in [-0.3, -0.25) is 0 Å². The first-order chi connectivity index (χ1) is 7.06. The van der Waals surface area contributed by atoms with Crippen LogP contribution in [0.15, 0.2) is 11.2 Å². The highest BCUT2D eigenvalue weighted by Crippen LogP contribution is 2.37. The molecule has 0 fully saturated rings. The molecule has 0 saturated heterocycles. The number of phenolic OH excluding ortho intramolecular Hbond substituents is 1. The zero-order chi connectivity index (χ0) is 11.2. The zero-order valence-electron chi connectivity index (χ0n) is 9.20. The van der Waals surface area contributed by atoms with Gasteiger partial charge in [0.1, 0.15) is 5.75 Å². The third-order valence-corrected chi connectivity index (χ3v) is 3.16. The van der Waals surface area contributed by atoms with Crippen molar-refractivity contribution in [3.63, 3.8) is 0 Å². The van der Waals surface area contributed by atoms with E-state index in [-0.39, 0.29) is 11.7 Å². The Morgan fingerprint density at radius 1 is 1.33 bits per heavy atom. The maximum absolute atomic E-state index is 9.97. The van der Waals surface area contributed by atoms with E-state index in [9.17, 15) is 5.11 Å². The molecule has 0 bridgehead atoms. The normalized spacial score (nSPS) is 22.1. The Kier molecular flexibility index (Phi) is 2.18. The molecule has 1 atom stereocenters. The molecule has 0 radical (unpaired) electrons. The minimum Gasteiger partial charge on any atom is -0.507 e. The van der Waals surface area contributed by atoms with Crippen molar-refractivity contribution in [1.29, 1.82) is 0 Å². The molecule has 1 aliphatic rings.